The summed E-state index contributed by atoms with van der Waals surface area (Å²) >= 11 is 13.0. The molecule has 1 aliphatic heterocycles. The number of nitrogens with zero attached hydrogens (tertiary/aromatic N) is 2. The van der Waals surface area contributed by atoms with Crippen LogP contribution in [0.5, 0.6) is 0 Å². The average Bonchev–Trinajstić information content (AvgIpc) is 2.97. The smallest absolute Gasteiger partial charge is 0.145 e. The number of nitrogens with one attached hydrogen (secondary N) is 2. The van der Waals surface area contributed by atoms with Crippen molar-refractivity contribution in [3.8, 4) is 11.4 Å². The maximum atomic E-state index is 4.82. The Hall–Kier alpha value is -0.501. The summed E-state index contributed by atoms with van der Waals surface area (Å²) in [6.45, 7) is 4.46. The molecule has 2 radical (unpaired) electrons. The molecule has 3 rings (SSSR count). The van der Waals surface area contributed by atoms with Crippen LogP contribution in [0.3, 0.4) is 0 Å². The van der Waals surface area contributed by atoms with Crippen molar-refractivity contribution in [2.75, 3.05) is 13.1 Å². The summed E-state index contributed by atoms with van der Waals surface area (Å²) in [5.41, 5.74) is 4.11. The van der Waals surface area contributed by atoms with Crippen molar-refractivity contribution in [2.24, 2.45) is 5.92 Å². The fraction of sp³-hybridized carbons (Fsp3) is 0.375. The molecule has 1 aliphatic rings. The molecule has 2 N–H and O–H groups in total. The van der Waals surface area contributed by atoms with Gasteiger partial charge in [0.05, 0.1) is 11.2 Å². The van der Waals surface area contributed by atoms with Gasteiger partial charge in [-0.3, -0.25) is 0 Å². The van der Waals surface area contributed by atoms with Gasteiger partial charge in [0.1, 0.15) is 10.1 Å². The van der Waals surface area contributed by atoms with Gasteiger partial charge in [-0.15, -0.1) is 25.3 Å². The van der Waals surface area contributed by atoms with Crippen molar-refractivity contribution < 1.29 is 0 Å². The van der Waals surface area contributed by atoms with Crippen LogP contribution in [0, 0.1) is 5.92 Å². The number of rotatable bonds is 2. The Morgan fingerprint density at radius 1 is 1.29 bits per heavy atom. The summed E-state index contributed by atoms with van der Waals surface area (Å²) in [6, 6.07) is 9.96. The number of aromatic nitrogens is 2. The number of thiocarbonyl (C=S) groups is 1. The van der Waals surface area contributed by atoms with Gasteiger partial charge in [-0.1, -0.05) is 49.5 Å². The van der Waals surface area contributed by atoms with Crippen molar-refractivity contribution in [1.29, 1.82) is 0 Å². The van der Waals surface area contributed by atoms with Gasteiger partial charge in [0.25, 0.3) is 0 Å². The van der Waals surface area contributed by atoms with Crippen molar-refractivity contribution in [2.45, 2.75) is 24.8 Å². The van der Waals surface area contributed by atoms with Crippen LogP contribution in [-0.2, 0) is 0 Å². The maximum Gasteiger partial charge on any atom is 0.145 e. The molecule has 0 amide bonds. The number of benzene rings is 1. The van der Waals surface area contributed by atoms with Crippen molar-refractivity contribution in [3.63, 3.8) is 0 Å². The van der Waals surface area contributed by atoms with Gasteiger partial charge in [0, 0.05) is 35.7 Å². The average molecular weight is 446 g/mol. The third kappa shape index (κ3) is 7.59. The molecule has 0 spiro atoms. The van der Waals surface area contributed by atoms with Crippen molar-refractivity contribution >= 4 is 58.9 Å². The van der Waals surface area contributed by atoms with Crippen molar-refractivity contribution in [1.82, 2.24) is 20.4 Å². The minimum atomic E-state index is 0. The first-order valence-electron chi connectivity index (χ1n) is 7.58. The quantitative estimate of drug-likeness (QED) is 0.325. The molecule has 1 fully saturated rings. The van der Waals surface area contributed by atoms with E-state index in [1.54, 1.807) is 6.20 Å². The number of aromatic amines is 1. The Morgan fingerprint density at radius 2 is 1.92 bits per heavy atom. The van der Waals surface area contributed by atoms with Crippen LogP contribution in [-0.4, -0.2) is 49.5 Å². The van der Waals surface area contributed by atoms with Crippen LogP contribution in [0.4, 0.5) is 0 Å². The van der Waals surface area contributed by atoms with Gasteiger partial charge in [-0.05, 0) is 18.8 Å². The Labute approximate surface area is 170 Å². The zero-order valence-corrected chi connectivity index (χ0v) is 17.8. The Morgan fingerprint density at radius 3 is 2.42 bits per heavy atom. The van der Waals surface area contributed by atoms with Crippen LogP contribution >= 0.6 is 37.5 Å². The van der Waals surface area contributed by atoms with E-state index >= 15 is 0 Å². The first-order valence-corrected chi connectivity index (χ1v) is 8.89. The molecule has 2 aromatic rings. The van der Waals surface area contributed by atoms with E-state index in [9.17, 15) is 0 Å². The minimum Gasteiger partial charge on any atom is -0.333 e. The zero-order chi connectivity index (χ0) is 16.7. The molecule has 0 atom stereocenters. The van der Waals surface area contributed by atoms with E-state index in [1.165, 1.54) is 12.8 Å². The van der Waals surface area contributed by atoms with Gasteiger partial charge in [-0.25, -0.2) is 9.99 Å². The van der Waals surface area contributed by atoms with E-state index in [1.807, 2.05) is 30.3 Å². The third-order valence-corrected chi connectivity index (χ3v) is 4.07. The first-order chi connectivity index (χ1) is 11.0. The molecule has 1 aromatic carbocycles. The van der Waals surface area contributed by atoms with Gasteiger partial charge in [0.15, 0.2) is 0 Å². The van der Waals surface area contributed by atoms with E-state index in [-0.39, 0.29) is 17.1 Å². The molecule has 0 aliphatic carbocycles. The number of hydrazine groups is 1. The van der Waals surface area contributed by atoms with Crippen LogP contribution in [0.1, 0.15) is 19.8 Å². The predicted molar refractivity (Wildman–Crippen MR) is 112 cm³/mol. The Balaban J connectivity index is 0.000000232. The van der Waals surface area contributed by atoms with E-state index < -0.39 is 0 Å². The molecule has 1 saturated heterocycles. The summed E-state index contributed by atoms with van der Waals surface area (Å²) in [5, 5.41) is 2.92. The summed E-state index contributed by atoms with van der Waals surface area (Å²) in [5.74, 6) is 1.72. The molecule has 1 aromatic heterocycles. The van der Waals surface area contributed by atoms with Crippen molar-refractivity contribution in [3.05, 3.63) is 36.5 Å². The van der Waals surface area contributed by atoms with Gasteiger partial charge in [-0.2, -0.15) is 0 Å². The number of hydrogen-bond donors (Lipinski definition) is 4. The largest absolute Gasteiger partial charge is 0.333 e. The molecule has 4 nitrogen and oxygen atoms in total. The topological polar surface area (TPSA) is 44.0 Å². The zero-order valence-electron chi connectivity index (χ0n) is 13.5. The molecule has 0 bridgehead atoms. The number of hydrogen-bond acceptors (Lipinski definition) is 4. The van der Waals surface area contributed by atoms with Crippen LogP contribution < -0.4 is 5.43 Å². The van der Waals surface area contributed by atoms with Gasteiger partial charge < -0.3 is 10.4 Å². The number of imidazole rings is 1. The summed E-state index contributed by atoms with van der Waals surface area (Å²) < 4.78 is 0.569. The van der Waals surface area contributed by atoms with E-state index in [0.717, 1.165) is 35.4 Å². The summed E-state index contributed by atoms with van der Waals surface area (Å²) in [7, 11) is 0. The second kappa shape index (κ2) is 11.2. The second-order valence-corrected chi connectivity index (χ2v) is 7.21. The van der Waals surface area contributed by atoms with Gasteiger partial charge >= 0.3 is 0 Å². The molecular formula is C16H22N4S3Se. The molecule has 24 heavy (non-hydrogen) atoms. The molecular weight excluding hydrogens is 423 g/mol. The van der Waals surface area contributed by atoms with E-state index in [0.29, 0.717) is 4.32 Å². The monoisotopic (exact) mass is 446 g/mol. The minimum absolute atomic E-state index is 0. The molecule has 130 valence electrons. The number of piperidine rings is 1. The summed E-state index contributed by atoms with van der Waals surface area (Å²) in [4.78, 5) is 7.20. The van der Waals surface area contributed by atoms with Crippen LogP contribution in [0.15, 0.2) is 41.6 Å². The van der Waals surface area contributed by atoms with E-state index in [2.05, 4.69) is 52.6 Å². The molecule has 0 saturated carbocycles. The SMILES string of the molecule is CC1CCN(NC(=S)S)CC1.Sc1cnc(-c2ccccc2)[nH]1.[Se]. The predicted octanol–water partition coefficient (Wildman–Crippen LogP) is 3.42. The summed E-state index contributed by atoms with van der Waals surface area (Å²) in [6.07, 6.45) is 4.21. The third-order valence-electron chi connectivity index (χ3n) is 3.65. The Bertz CT molecular complexity index is 613. The fourth-order valence-corrected chi connectivity index (χ4v) is 2.74. The van der Waals surface area contributed by atoms with Crippen LogP contribution in [0.25, 0.3) is 11.4 Å². The standard InChI is InChI=1S/C9H8N2S.C7H14N2S2.Se/c12-8-6-10-9(11-8)7-4-2-1-3-5-7;1-6-2-4-9(5-3-6)8-7(10)11;/h1-6,12H,(H,10,11);6H,2-5H2,1H3,(H2,8,10,11);. The van der Waals surface area contributed by atoms with E-state index in [4.69, 9.17) is 12.2 Å². The molecule has 0 unspecified atom stereocenters. The maximum absolute atomic E-state index is 4.82. The number of thiol groups is 2. The van der Waals surface area contributed by atoms with Crippen LogP contribution in [0.2, 0.25) is 0 Å². The van der Waals surface area contributed by atoms with Gasteiger partial charge in [0.2, 0.25) is 0 Å². The molecule has 2 heterocycles. The first kappa shape index (κ1) is 21.5. The Kier molecular flexibility index (Phi) is 10.0. The second-order valence-electron chi connectivity index (χ2n) is 5.57. The normalized spacial score (nSPS) is 15.0. The fourth-order valence-electron chi connectivity index (χ4n) is 2.31. The molecule has 8 heteroatoms. The number of H-pyrrole nitrogens is 1.